The molecule has 18 heavy (non-hydrogen) atoms. The van der Waals surface area contributed by atoms with Gasteiger partial charge in [-0.05, 0) is 12.1 Å². The quantitative estimate of drug-likeness (QED) is 0.725. The Morgan fingerprint density at radius 3 is 2.89 bits per heavy atom. The molecule has 0 aromatic carbocycles. The van der Waals surface area contributed by atoms with Gasteiger partial charge in [-0.3, -0.25) is 4.79 Å². The zero-order valence-corrected chi connectivity index (χ0v) is 10.7. The lowest BCUT2D eigenvalue weighted by molar-refractivity contribution is 0.580. The molecule has 2 aromatic rings. The second-order valence-electron chi connectivity index (χ2n) is 3.38. The monoisotopic (exact) mass is 286 g/mol. The number of pyridine rings is 1. The Labute approximate surface area is 107 Å². The first-order chi connectivity index (χ1) is 8.49. The maximum atomic E-state index is 11.9. The molecule has 4 N–H and O–H groups in total. The van der Waals surface area contributed by atoms with Crippen molar-refractivity contribution in [3.05, 3.63) is 39.1 Å². The standard InChI is InChI=1S/C9H10N4O3S2/c10-8-7(2-1-3-11-8)18(15,16)12-4-6-5-17-9(14)13-6/h1-3,5,12H,4H2,(H2,10,11)(H,13,14). The van der Waals surface area contributed by atoms with E-state index in [0.29, 0.717) is 5.69 Å². The van der Waals surface area contributed by atoms with Crippen LogP contribution in [0.1, 0.15) is 5.69 Å². The molecule has 0 radical (unpaired) electrons. The SMILES string of the molecule is Nc1ncccc1S(=O)(=O)NCc1csc(=O)[nH]1. The number of nitrogens with two attached hydrogens (primary N) is 1. The Morgan fingerprint density at radius 2 is 2.28 bits per heavy atom. The number of aromatic amines is 1. The minimum atomic E-state index is -3.73. The number of nitrogens with zero attached hydrogens (tertiary/aromatic N) is 1. The summed E-state index contributed by atoms with van der Waals surface area (Å²) in [4.78, 5) is 16.8. The first-order valence-electron chi connectivity index (χ1n) is 4.86. The Hall–Kier alpha value is -1.71. The number of hydrogen-bond donors (Lipinski definition) is 3. The molecule has 7 nitrogen and oxygen atoms in total. The summed E-state index contributed by atoms with van der Waals surface area (Å²) < 4.78 is 26.2. The molecule has 2 aromatic heterocycles. The van der Waals surface area contributed by atoms with Crippen molar-refractivity contribution in [2.75, 3.05) is 5.73 Å². The molecule has 9 heteroatoms. The van der Waals surface area contributed by atoms with Gasteiger partial charge in [0.1, 0.15) is 10.7 Å². The molecule has 96 valence electrons. The maximum Gasteiger partial charge on any atom is 0.304 e. The van der Waals surface area contributed by atoms with Gasteiger partial charge in [0.15, 0.2) is 0 Å². The van der Waals surface area contributed by atoms with E-state index in [-0.39, 0.29) is 22.1 Å². The maximum absolute atomic E-state index is 11.9. The molecule has 0 atom stereocenters. The van der Waals surface area contributed by atoms with Crippen LogP contribution < -0.4 is 15.3 Å². The highest BCUT2D eigenvalue weighted by Gasteiger charge is 2.17. The summed E-state index contributed by atoms with van der Waals surface area (Å²) in [5, 5.41) is 1.55. The molecule has 0 unspecified atom stereocenters. The van der Waals surface area contributed by atoms with E-state index in [9.17, 15) is 13.2 Å². The number of hydrogen-bond acceptors (Lipinski definition) is 6. The van der Waals surface area contributed by atoms with Gasteiger partial charge < -0.3 is 10.7 Å². The summed E-state index contributed by atoms with van der Waals surface area (Å²) in [5.74, 6) is -0.0659. The fraction of sp³-hybridized carbons (Fsp3) is 0.111. The Balaban J connectivity index is 2.18. The largest absolute Gasteiger partial charge is 0.383 e. The molecular weight excluding hydrogens is 276 g/mol. The smallest absolute Gasteiger partial charge is 0.304 e. The second kappa shape index (κ2) is 4.88. The third kappa shape index (κ3) is 2.75. The molecule has 0 bridgehead atoms. The molecule has 0 aliphatic carbocycles. The zero-order chi connectivity index (χ0) is 13.2. The van der Waals surface area contributed by atoms with Crippen molar-refractivity contribution >= 4 is 27.2 Å². The van der Waals surface area contributed by atoms with Crippen LogP contribution in [-0.4, -0.2) is 18.4 Å². The van der Waals surface area contributed by atoms with Gasteiger partial charge in [0.2, 0.25) is 10.0 Å². The van der Waals surface area contributed by atoms with Crippen molar-refractivity contribution in [1.82, 2.24) is 14.7 Å². The van der Waals surface area contributed by atoms with Gasteiger partial charge in [0.05, 0.1) is 6.54 Å². The molecule has 2 rings (SSSR count). The first-order valence-corrected chi connectivity index (χ1v) is 7.22. The number of anilines is 1. The van der Waals surface area contributed by atoms with Crippen molar-refractivity contribution in [3.8, 4) is 0 Å². The number of nitrogens with one attached hydrogen (secondary N) is 2. The molecule has 0 aliphatic heterocycles. The van der Waals surface area contributed by atoms with Crippen molar-refractivity contribution in [1.29, 1.82) is 0 Å². The third-order valence-electron chi connectivity index (χ3n) is 2.11. The van der Waals surface area contributed by atoms with Crippen LogP contribution in [0.25, 0.3) is 0 Å². The number of aromatic nitrogens is 2. The number of nitrogen functional groups attached to an aromatic ring is 1. The van der Waals surface area contributed by atoms with Crippen molar-refractivity contribution in [2.24, 2.45) is 0 Å². The molecule has 0 fully saturated rings. The predicted molar refractivity (Wildman–Crippen MR) is 67.6 cm³/mol. The van der Waals surface area contributed by atoms with Gasteiger partial charge in [-0.25, -0.2) is 18.1 Å². The molecule has 0 spiro atoms. The van der Waals surface area contributed by atoms with E-state index in [4.69, 9.17) is 5.73 Å². The van der Waals surface area contributed by atoms with Crippen LogP contribution in [0.2, 0.25) is 0 Å². The highest BCUT2D eigenvalue weighted by atomic mass is 32.2. The van der Waals surface area contributed by atoms with Gasteiger partial charge >= 0.3 is 4.87 Å². The van der Waals surface area contributed by atoms with Crippen molar-refractivity contribution < 1.29 is 8.42 Å². The fourth-order valence-electron chi connectivity index (χ4n) is 1.28. The average Bonchev–Trinajstić information content (AvgIpc) is 2.73. The van der Waals surface area contributed by atoms with E-state index in [1.54, 1.807) is 5.38 Å². The number of sulfonamides is 1. The Morgan fingerprint density at radius 1 is 1.50 bits per heavy atom. The number of thiazole rings is 1. The summed E-state index contributed by atoms with van der Waals surface area (Å²) in [6.07, 6.45) is 1.41. The van der Waals surface area contributed by atoms with Crippen LogP contribution >= 0.6 is 11.3 Å². The van der Waals surface area contributed by atoms with Crippen LogP contribution in [0.4, 0.5) is 5.82 Å². The van der Waals surface area contributed by atoms with E-state index >= 15 is 0 Å². The summed E-state index contributed by atoms with van der Waals surface area (Å²) >= 11 is 0.971. The normalized spacial score (nSPS) is 11.6. The highest BCUT2D eigenvalue weighted by Crippen LogP contribution is 2.14. The predicted octanol–water partition coefficient (Wildman–Crippen LogP) is -0.108. The van der Waals surface area contributed by atoms with E-state index in [0.717, 1.165) is 11.3 Å². The van der Waals surface area contributed by atoms with Gasteiger partial charge in [-0.2, -0.15) is 0 Å². The van der Waals surface area contributed by atoms with Crippen LogP contribution in [0.15, 0.2) is 33.4 Å². The average molecular weight is 286 g/mol. The summed E-state index contributed by atoms with van der Waals surface area (Å²) in [6, 6.07) is 2.85. The van der Waals surface area contributed by atoms with E-state index < -0.39 is 10.0 Å². The van der Waals surface area contributed by atoms with Crippen molar-refractivity contribution in [2.45, 2.75) is 11.4 Å². The van der Waals surface area contributed by atoms with Crippen molar-refractivity contribution in [3.63, 3.8) is 0 Å². The number of rotatable bonds is 4. The summed E-state index contributed by atoms with van der Waals surface area (Å²) in [7, 11) is -3.73. The number of H-pyrrole nitrogens is 1. The third-order valence-corrected chi connectivity index (χ3v) is 4.28. The minimum Gasteiger partial charge on any atom is -0.383 e. The lowest BCUT2D eigenvalue weighted by atomic mass is 10.5. The first kappa shape index (κ1) is 12.7. The van der Waals surface area contributed by atoms with Crippen LogP contribution in [-0.2, 0) is 16.6 Å². The Kier molecular flexibility index (Phi) is 3.45. The van der Waals surface area contributed by atoms with Gasteiger partial charge in [-0.1, -0.05) is 11.3 Å². The molecular formula is C9H10N4O3S2. The molecule has 0 saturated heterocycles. The summed E-state index contributed by atoms with van der Waals surface area (Å²) in [6.45, 7) is -0.00456. The molecule has 0 saturated carbocycles. The fourth-order valence-corrected chi connectivity index (χ4v) is 2.95. The van der Waals surface area contributed by atoms with Gasteiger partial charge in [-0.15, -0.1) is 0 Å². The molecule has 0 amide bonds. The van der Waals surface area contributed by atoms with Crippen LogP contribution in [0, 0.1) is 0 Å². The van der Waals surface area contributed by atoms with E-state index in [1.807, 2.05) is 0 Å². The second-order valence-corrected chi connectivity index (χ2v) is 5.96. The topological polar surface area (TPSA) is 118 Å². The minimum absolute atomic E-state index is 0.00456. The van der Waals surface area contributed by atoms with Gasteiger partial charge in [0.25, 0.3) is 0 Å². The zero-order valence-electron chi connectivity index (χ0n) is 9.08. The highest BCUT2D eigenvalue weighted by molar-refractivity contribution is 7.89. The molecule has 0 aliphatic rings. The van der Waals surface area contributed by atoms with E-state index in [1.165, 1.54) is 18.3 Å². The lowest BCUT2D eigenvalue weighted by Gasteiger charge is -2.06. The molecule has 2 heterocycles. The van der Waals surface area contributed by atoms with E-state index in [2.05, 4.69) is 14.7 Å². The lowest BCUT2D eigenvalue weighted by Crippen LogP contribution is -2.24. The van der Waals surface area contributed by atoms with Crippen LogP contribution in [0.3, 0.4) is 0 Å². The van der Waals surface area contributed by atoms with Crippen LogP contribution in [0.5, 0.6) is 0 Å². The van der Waals surface area contributed by atoms with Gasteiger partial charge in [0, 0.05) is 17.3 Å². The summed E-state index contributed by atoms with van der Waals surface area (Å²) in [5.41, 5.74) is 5.99. The Bertz CT molecular complexity index is 704.